The van der Waals surface area contributed by atoms with E-state index in [1.807, 2.05) is 0 Å². The van der Waals surface area contributed by atoms with Crippen LogP contribution in [0.1, 0.15) is 40.0 Å². The van der Waals surface area contributed by atoms with E-state index in [2.05, 4.69) is 31.0 Å². The van der Waals surface area contributed by atoms with E-state index < -0.39 is 0 Å². The highest BCUT2D eigenvalue weighted by atomic mass is 15.2. The van der Waals surface area contributed by atoms with Crippen molar-refractivity contribution in [1.82, 2.24) is 10.2 Å². The standard InChI is InChI=1S/C14H28N2/c1-4-15-9-13-5-8-16(10-13)11-14(6-7-14)12(2)3/h12-13,15H,4-11H2,1-3H3. The molecule has 2 heteroatoms. The Morgan fingerprint density at radius 1 is 1.38 bits per heavy atom. The molecule has 1 saturated heterocycles. The van der Waals surface area contributed by atoms with Crippen molar-refractivity contribution in [2.24, 2.45) is 17.3 Å². The van der Waals surface area contributed by atoms with Gasteiger partial charge in [-0.3, -0.25) is 0 Å². The van der Waals surface area contributed by atoms with Gasteiger partial charge in [-0.25, -0.2) is 0 Å². The highest BCUT2D eigenvalue weighted by molar-refractivity contribution is 4.98. The number of rotatable bonds is 6. The second kappa shape index (κ2) is 5.05. The second-order valence-electron chi connectivity index (χ2n) is 6.21. The third-order valence-electron chi connectivity index (χ3n) is 4.71. The molecule has 1 N–H and O–H groups in total. The molecule has 16 heavy (non-hydrogen) atoms. The van der Waals surface area contributed by atoms with Crippen LogP contribution in [-0.2, 0) is 0 Å². The van der Waals surface area contributed by atoms with Gasteiger partial charge in [0.05, 0.1) is 0 Å². The summed E-state index contributed by atoms with van der Waals surface area (Å²) < 4.78 is 0. The minimum absolute atomic E-state index is 0.701. The van der Waals surface area contributed by atoms with Crippen LogP contribution < -0.4 is 5.32 Å². The molecule has 2 rings (SSSR count). The molecule has 0 aromatic carbocycles. The summed E-state index contributed by atoms with van der Waals surface area (Å²) in [6, 6.07) is 0. The zero-order valence-electron chi connectivity index (χ0n) is 11.3. The number of hydrogen-bond acceptors (Lipinski definition) is 2. The van der Waals surface area contributed by atoms with E-state index >= 15 is 0 Å². The Balaban J connectivity index is 1.73. The predicted molar refractivity (Wildman–Crippen MR) is 69.6 cm³/mol. The van der Waals surface area contributed by atoms with Crippen molar-refractivity contribution in [1.29, 1.82) is 0 Å². The molecular weight excluding hydrogens is 196 g/mol. The van der Waals surface area contributed by atoms with Crippen LogP contribution in [0.4, 0.5) is 0 Å². The summed E-state index contributed by atoms with van der Waals surface area (Å²) in [6.45, 7) is 13.4. The minimum Gasteiger partial charge on any atom is -0.317 e. The van der Waals surface area contributed by atoms with Crippen molar-refractivity contribution in [3.05, 3.63) is 0 Å². The molecule has 0 aromatic rings. The first-order chi connectivity index (χ1) is 7.66. The Morgan fingerprint density at radius 3 is 2.69 bits per heavy atom. The maximum atomic E-state index is 3.49. The fraction of sp³-hybridized carbons (Fsp3) is 1.00. The Morgan fingerprint density at radius 2 is 2.12 bits per heavy atom. The van der Waals surface area contributed by atoms with Gasteiger partial charge in [-0.1, -0.05) is 20.8 Å². The lowest BCUT2D eigenvalue weighted by Crippen LogP contribution is -2.32. The molecular formula is C14H28N2. The summed E-state index contributed by atoms with van der Waals surface area (Å²) in [4.78, 5) is 2.72. The first-order valence-corrected chi connectivity index (χ1v) is 7.09. The highest BCUT2D eigenvalue weighted by Crippen LogP contribution is 2.52. The summed E-state index contributed by atoms with van der Waals surface area (Å²) in [5.74, 6) is 1.78. The summed E-state index contributed by atoms with van der Waals surface area (Å²) in [5.41, 5.74) is 0.701. The largest absolute Gasteiger partial charge is 0.317 e. The quantitative estimate of drug-likeness (QED) is 0.745. The fourth-order valence-corrected chi connectivity index (χ4v) is 3.10. The summed E-state index contributed by atoms with van der Waals surface area (Å²) >= 11 is 0. The Labute approximate surface area is 101 Å². The van der Waals surface area contributed by atoms with Gasteiger partial charge in [-0.15, -0.1) is 0 Å². The Hall–Kier alpha value is -0.0800. The van der Waals surface area contributed by atoms with Gasteiger partial charge in [0.2, 0.25) is 0 Å². The van der Waals surface area contributed by atoms with Crippen molar-refractivity contribution in [2.75, 3.05) is 32.7 Å². The molecule has 0 spiro atoms. The average molecular weight is 224 g/mol. The number of hydrogen-bond donors (Lipinski definition) is 1. The number of nitrogens with one attached hydrogen (secondary N) is 1. The van der Waals surface area contributed by atoms with Crippen LogP contribution in [-0.4, -0.2) is 37.6 Å². The molecule has 0 bridgehead atoms. The third-order valence-corrected chi connectivity index (χ3v) is 4.71. The zero-order valence-corrected chi connectivity index (χ0v) is 11.3. The minimum atomic E-state index is 0.701. The second-order valence-corrected chi connectivity index (χ2v) is 6.21. The lowest BCUT2D eigenvalue weighted by Gasteiger charge is -2.26. The van der Waals surface area contributed by atoms with Crippen molar-refractivity contribution in [2.45, 2.75) is 40.0 Å². The molecule has 1 saturated carbocycles. The monoisotopic (exact) mass is 224 g/mol. The lowest BCUT2D eigenvalue weighted by molar-refractivity contribution is 0.212. The van der Waals surface area contributed by atoms with E-state index in [1.54, 1.807) is 0 Å². The Kier molecular flexibility index (Phi) is 3.91. The first-order valence-electron chi connectivity index (χ1n) is 7.09. The summed E-state index contributed by atoms with van der Waals surface area (Å²) in [6.07, 6.45) is 4.35. The molecule has 0 radical (unpaired) electrons. The molecule has 2 nitrogen and oxygen atoms in total. The summed E-state index contributed by atoms with van der Waals surface area (Å²) in [5, 5.41) is 3.49. The average Bonchev–Trinajstić information content (AvgIpc) is 2.89. The first kappa shape index (κ1) is 12.4. The molecule has 0 aromatic heterocycles. The predicted octanol–water partition coefficient (Wildman–Crippen LogP) is 2.35. The topological polar surface area (TPSA) is 15.3 Å². The van der Waals surface area contributed by atoms with Gasteiger partial charge >= 0.3 is 0 Å². The van der Waals surface area contributed by atoms with E-state index in [0.29, 0.717) is 5.41 Å². The zero-order chi connectivity index (χ0) is 11.6. The van der Waals surface area contributed by atoms with Crippen LogP contribution in [0.5, 0.6) is 0 Å². The van der Waals surface area contributed by atoms with Crippen LogP contribution in [0.3, 0.4) is 0 Å². The van der Waals surface area contributed by atoms with Crippen molar-refractivity contribution in [3.63, 3.8) is 0 Å². The number of likely N-dealkylation sites (tertiary alicyclic amines) is 1. The van der Waals surface area contributed by atoms with Gasteiger partial charge in [0.15, 0.2) is 0 Å². The molecule has 1 unspecified atom stereocenters. The molecule has 2 aliphatic rings. The van der Waals surface area contributed by atoms with E-state index in [1.165, 1.54) is 45.4 Å². The molecule has 1 heterocycles. The number of nitrogens with zero attached hydrogens (tertiary/aromatic N) is 1. The van der Waals surface area contributed by atoms with Crippen LogP contribution in [0, 0.1) is 17.3 Å². The summed E-state index contributed by atoms with van der Waals surface area (Å²) in [7, 11) is 0. The van der Waals surface area contributed by atoms with Gasteiger partial charge in [0, 0.05) is 13.1 Å². The maximum Gasteiger partial charge on any atom is 0.00406 e. The van der Waals surface area contributed by atoms with E-state index in [-0.39, 0.29) is 0 Å². The van der Waals surface area contributed by atoms with Gasteiger partial charge < -0.3 is 10.2 Å². The maximum absolute atomic E-state index is 3.49. The van der Waals surface area contributed by atoms with Crippen molar-refractivity contribution in [3.8, 4) is 0 Å². The van der Waals surface area contributed by atoms with Gasteiger partial charge in [-0.2, -0.15) is 0 Å². The molecule has 0 amide bonds. The van der Waals surface area contributed by atoms with Gasteiger partial charge in [0.1, 0.15) is 0 Å². The highest BCUT2D eigenvalue weighted by Gasteiger charge is 2.46. The lowest BCUT2D eigenvalue weighted by atomic mass is 9.92. The normalized spacial score (nSPS) is 28.9. The molecule has 94 valence electrons. The van der Waals surface area contributed by atoms with Crippen LogP contribution in [0.15, 0.2) is 0 Å². The molecule has 2 fully saturated rings. The molecule has 1 aliphatic carbocycles. The fourth-order valence-electron chi connectivity index (χ4n) is 3.10. The smallest absolute Gasteiger partial charge is 0.00406 e. The third kappa shape index (κ3) is 2.78. The van der Waals surface area contributed by atoms with Crippen LogP contribution in [0.25, 0.3) is 0 Å². The van der Waals surface area contributed by atoms with Crippen molar-refractivity contribution < 1.29 is 0 Å². The van der Waals surface area contributed by atoms with Crippen molar-refractivity contribution >= 4 is 0 Å². The van der Waals surface area contributed by atoms with E-state index in [0.717, 1.165) is 18.4 Å². The van der Waals surface area contributed by atoms with Crippen LogP contribution in [0.2, 0.25) is 0 Å². The van der Waals surface area contributed by atoms with Gasteiger partial charge in [-0.05, 0) is 56.1 Å². The van der Waals surface area contributed by atoms with Gasteiger partial charge in [0.25, 0.3) is 0 Å². The molecule has 1 aliphatic heterocycles. The molecule has 1 atom stereocenters. The van der Waals surface area contributed by atoms with E-state index in [9.17, 15) is 0 Å². The van der Waals surface area contributed by atoms with Crippen LogP contribution >= 0.6 is 0 Å². The SMILES string of the molecule is CCNCC1CCN(CC2(C(C)C)CC2)C1. The van der Waals surface area contributed by atoms with E-state index in [4.69, 9.17) is 0 Å². The Bertz CT molecular complexity index is 221.